The van der Waals surface area contributed by atoms with Crippen LogP contribution in [0.3, 0.4) is 0 Å². The van der Waals surface area contributed by atoms with E-state index in [0.717, 1.165) is 50.1 Å². The van der Waals surface area contributed by atoms with E-state index in [1.54, 1.807) is 20.8 Å². The van der Waals surface area contributed by atoms with Gasteiger partial charge in [0.2, 0.25) is 11.8 Å². The van der Waals surface area contributed by atoms with Crippen molar-refractivity contribution < 1.29 is 37.1 Å². The van der Waals surface area contributed by atoms with Gasteiger partial charge in [0, 0.05) is 49.0 Å². The van der Waals surface area contributed by atoms with E-state index in [4.69, 9.17) is 19.4 Å². The summed E-state index contributed by atoms with van der Waals surface area (Å²) >= 11 is 1.52. The average molecular weight is 903 g/mol. The number of para-hydroxylation sites is 1. The second kappa shape index (κ2) is 18.0. The minimum atomic E-state index is -4.19. The fraction of sp³-hybridized carbons (Fsp3) is 0.511. The molecule has 0 bridgehead atoms. The lowest BCUT2D eigenvalue weighted by Crippen LogP contribution is -2.58. The quantitative estimate of drug-likeness (QED) is 0.161. The number of thiazole rings is 1. The molecule has 18 heteroatoms. The van der Waals surface area contributed by atoms with Crippen molar-refractivity contribution in [3.8, 4) is 27.8 Å². The Labute approximate surface area is 373 Å². The van der Waals surface area contributed by atoms with Gasteiger partial charge in [0.1, 0.15) is 39.9 Å². The number of nitrogens with one attached hydrogen (secondary N) is 3. The number of rotatable bonds is 9. The number of hydrogen-bond donors (Lipinski definition) is 3. The predicted molar refractivity (Wildman–Crippen MR) is 241 cm³/mol. The summed E-state index contributed by atoms with van der Waals surface area (Å²) < 4.78 is 42.9. The third-order valence-corrected chi connectivity index (χ3v) is 14.0. The highest BCUT2D eigenvalue weighted by molar-refractivity contribution is 7.87. The number of hydrogen-bond acceptors (Lipinski definition) is 11. The maximum atomic E-state index is 14.7. The predicted octanol–water partition coefficient (Wildman–Crippen LogP) is 6.28. The van der Waals surface area contributed by atoms with E-state index in [-0.39, 0.29) is 25.4 Å². The molecule has 0 radical (unpaired) electrons. The summed E-state index contributed by atoms with van der Waals surface area (Å²) in [5, 5.41) is 8.48. The summed E-state index contributed by atoms with van der Waals surface area (Å²) in [5.74, 6) is -2.51. The average Bonchev–Trinajstić information content (AvgIpc) is 3.55. The molecule has 3 N–H and O–H groups in total. The zero-order valence-corrected chi connectivity index (χ0v) is 38.8. The van der Waals surface area contributed by atoms with Gasteiger partial charge >= 0.3 is 16.3 Å². The first-order chi connectivity index (χ1) is 29.8. The summed E-state index contributed by atoms with van der Waals surface area (Å²) in [4.78, 5) is 67.8. The molecule has 0 spiro atoms. The van der Waals surface area contributed by atoms with Crippen molar-refractivity contribution in [1.82, 2.24) is 39.1 Å². The van der Waals surface area contributed by atoms with Crippen LogP contribution in [0.25, 0.3) is 32.9 Å². The Bertz CT molecular complexity index is 2530. The summed E-state index contributed by atoms with van der Waals surface area (Å²) in [5.41, 5.74) is 2.98. The monoisotopic (exact) mass is 902 g/mol. The van der Waals surface area contributed by atoms with Gasteiger partial charge in [-0.3, -0.25) is 19.0 Å². The van der Waals surface area contributed by atoms with Crippen LogP contribution in [-0.4, -0.2) is 106 Å². The SMILES string of the molecule is Cc1ccccc1-c1csc(-c2cccc3c2nc(O[C@@H]2C[C@H]4C(=O)N[C@]5(C(=O)NS(=O)(=O)N(C)C)C[C@H]5C=CCCCCC[C@H](NC(=O)OC(C)(C)C)C(=O)N4C2)n3C(C)C)n1. The number of nitrogens with zero attached hydrogens (tertiary/aromatic N) is 5. The van der Waals surface area contributed by atoms with E-state index in [0.29, 0.717) is 30.8 Å². The summed E-state index contributed by atoms with van der Waals surface area (Å²) in [6.07, 6.45) is 5.55. The van der Waals surface area contributed by atoms with Gasteiger partial charge in [-0.25, -0.2) is 14.5 Å². The van der Waals surface area contributed by atoms with Crippen LogP contribution in [0, 0.1) is 12.8 Å². The molecule has 2 fully saturated rings. The van der Waals surface area contributed by atoms with E-state index >= 15 is 0 Å². The van der Waals surface area contributed by atoms with Crippen molar-refractivity contribution in [3.05, 3.63) is 65.6 Å². The highest BCUT2D eigenvalue weighted by Crippen LogP contribution is 2.46. The van der Waals surface area contributed by atoms with Gasteiger partial charge in [0.15, 0.2) is 0 Å². The first-order valence-electron chi connectivity index (χ1n) is 21.5. The largest absolute Gasteiger partial charge is 0.459 e. The van der Waals surface area contributed by atoms with Crippen LogP contribution >= 0.6 is 11.3 Å². The van der Waals surface area contributed by atoms with Gasteiger partial charge in [-0.2, -0.15) is 17.7 Å². The van der Waals surface area contributed by atoms with Crippen molar-refractivity contribution in [2.75, 3.05) is 20.6 Å². The molecule has 1 saturated carbocycles. The number of fused-ring (bicyclic) bond motifs is 3. The highest BCUT2D eigenvalue weighted by atomic mass is 32.2. The lowest BCUT2D eigenvalue weighted by atomic mass is 10.0. The molecule has 2 aliphatic heterocycles. The smallest absolute Gasteiger partial charge is 0.408 e. The highest BCUT2D eigenvalue weighted by Gasteiger charge is 2.62. The second-order valence-corrected chi connectivity index (χ2v) is 20.9. The second-order valence-electron chi connectivity index (χ2n) is 18.1. The molecule has 16 nitrogen and oxygen atoms in total. The van der Waals surface area contributed by atoms with Crippen LogP contribution in [0.5, 0.6) is 6.01 Å². The third kappa shape index (κ3) is 9.92. The number of aryl methyl sites for hydroxylation is 1. The molecule has 4 aromatic rings. The standard InChI is InChI=1S/C45H58N8O8S2/c1-27(2)53-35-22-16-20-32(39-46-34(26-62-39)31-19-15-14-17-28(31)3)37(35)48-42(53)60-30-23-36-38(54)49-45(41(56)50-63(58,59)51(7)8)24-29(45)18-12-10-9-11-13-21-33(40(55)52(36)25-30)47-43(57)61-44(4,5)6/h12,14-20,22,26-27,29-30,33,36H,9-11,13,21,23-25H2,1-8H3,(H,47,57)(H,49,54)(H,50,56)/t29-,30-,33+,36+,45-/m1/s1. The number of allylic oxidation sites excluding steroid dienone is 1. The van der Waals surface area contributed by atoms with Crippen LogP contribution in [0.1, 0.15) is 91.2 Å². The van der Waals surface area contributed by atoms with Crippen molar-refractivity contribution >= 4 is 56.4 Å². The van der Waals surface area contributed by atoms with Crippen molar-refractivity contribution in [3.63, 3.8) is 0 Å². The fourth-order valence-corrected chi connectivity index (χ4v) is 9.74. The van der Waals surface area contributed by atoms with Crippen molar-refractivity contribution in [2.45, 2.75) is 122 Å². The molecule has 4 heterocycles. The molecule has 0 unspecified atom stereocenters. The maximum absolute atomic E-state index is 14.7. The molecule has 63 heavy (non-hydrogen) atoms. The molecule has 1 aliphatic carbocycles. The molecule has 1 saturated heterocycles. The van der Waals surface area contributed by atoms with Gasteiger partial charge in [-0.15, -0.1) is 11.3 Å². The first kappa shape index (κ1) is 45.7. The third-order valence-electron chi connectivity index (χ3n) is 11.7. The molecule has 2 aromatic carbocycles. The molecule has 338 valence electrons. The van der Waals surface area contributed by atoms with Gasteiger partial charge in [-0.1, -0.05) is 55.3 Å². The Morgan fingerprint density at radius 2 is 1.78 bits per heavy atom. The minimum absolute atomic E-state index is 0.0192. The molecular weight excluding hydrogens is 845 g/mol. The zero-order valence-electron chi connectivity index (χ0n) is 37.1. The molecule has 3 aliphatic rings. The Hall–Kier alpha value is -5.33. The summed E-state index contributed by atoms with van der Waals surface area (Å²) in [6, 6.07) is 12.0. The molecule has 7 rings (SSSR count). The van der Waals surface area contributed by atoms with Gasteiger partial charge in [-0.05, 0) is 84.9 Å². The van der Waals surface area contributed by atoms with Crippen molar-refractivity contribution in [2.24, 2.45) is 5.92 Å². The van der Waals surface area contributed by atoms with Gasteiger partial charge in [0.05, 0.1) is 17.8 Å². The zero-order chi connectivity index (χ0) is 45.4. The van der Waals surface area contributed by atoms with Crippen LogP contribution in [-0.2, 0) is 29.3 Å². The topological polar surface area (TPSA) is 194 Å². The molecule has 2 aromatic heterocycles. The minimum Gasteiger partial charge on any atom is -0.459 e. The lowest BCUT2D eigenvalue weighted by molar-refractivity contribution is -0.141. The normalized spacial score (nSPS) is 23.4. The summed E-state index contributed by atoms with van der Waals surface area (Å²) in [6.45, 7) is 11.2. The number of ether oxygens (including phenoxy) is 2. The van der Waals surface area contributed by atoms with Crippen LogP contribution in [0.15, 0.2) is 60.0 Å². The summed E-state index contributed by atoms with van der Waals surface area (Å²) in [7, 11) is -1.59. The number of imidazole rings is 1. The Morgan fingerprint density at radius 3 is 2.49 bits per heavy atom. The van der Waals surface area contributed by atoms with Crippen LogP contribution in [0.4, 0.5) is 4.79 Å². The van der Waals surface area contributed by atoms with E-state index in [1.165, 1.54) is 30.3 Å². The van der Waals surface area contributed by atoms with Crippen molar-refractivity contribution in [1.29, 1.82) is 0 Å². The van der Waals surface area contributed by atoms with E-state index < -0.39 is 69.3 Å². The number of carbonyl (C=O) groups excluding carboxylic acids is 4. The fourth-order valence-electron chi connectivity index (χ4n) is 8.30. The Kier molecular flexibility index (Phi) is 13.1. The lowest BCUT2D eigenvalue weighted by Gasteiger charge is -2.30. The number of carbonyl (C=O) groups is 4. The Balaban J connectivity index is 1.23. The van der Waals surface area contributed by atoms with E-state index in [1.807, 2.05) is 66.3 Å². The van der Waals surface area contributed by atoms with E-state index in [2.05, 4.69) is 34.4 Å². The number of amides is 4. The maximum Gasteiger partial charge on any atom is 0.408 e. The first-order valence-corrected chi connectivity index (χ1v) is 23.8. The number of alkyl carbamates (subject to hydrolysis) is 1. The molecule has 4 amide bonds. The number of aromatic nitrogens is 3. The van der Waals surface area contributed by atoms with Gasteiger partial charge in [0.25, 0.3) is 11.9 Å². The van der Waals surface area contributed by atoms with Gasteiger partial charge < -0.3 is 25.0 Å². The van der Waals surface area contributed by atoms with E-state index in [9.17, 15) is 27.6 Å². The molecular formula is C45H58N8O8S2. The van der Waals surface area contributed by atoms with Crippen LogP contribution < -0.4 is 20.1 Å². The Morgan fingerprint density at radius 1 is 1.03 bits per heavy atom. The number of benzene rings is 2. The molecule has 5 atom stereocenters. The van der Waals surface area contributed by atoms with Crippen LogP contribution in [0.2, 0.25) is 0 Å².